The van der Waals surface area contributed by atoms with Crippen LogP contribution in [-0.2, 0) is 13.1 Å². The van der Waals surface area contributed by atoms with Gasteiger partial charge in [-0.25, -0.2) is 4.98 Å². The van der Waals surface area contributed by atoms with Gasteiger partial charge in [-0.1, -0.05) is 42.5 Å². The van der Waals surface area contributed by atoms with E-state index in [4.69, 9.17) is 0 Å². The third kappa shape index (κ3) is 5.69. The molecule has 0 bridgehead atoms. The van der Waals surface area contributed by atoms with E-state index in [1.807, 2.05) is 43.7 Å². The average Bonchev–Trinajstić information content (AvgIpc) is 3.22. The molecule has 1 saturated heterocycles. The van der Waals surface area contributed by atoms with Crippen molar-refractivity contribution in [2.75, 3.05) is 38.1 Å². The van der Waals surface area contributed by atoms with E-state index in [1.165, 1.54) is 5.56 Å². The molecule has 0 unspecified atom stereocenters. The van der Waals surface area contributed by atoms with Crippen LogP contribution in [0.3, 0.4) is 0 Å². The highest BCUT2D eigenvalue weighted by molar-refractivity contribution is 14.0. The lowest BCUT2D eigenvalue weighted by molar-refractivity contribution is 0.369. The normalized spacial score (nSPS) is 14.3. The second-order valence-corrected chi connectivity index (χ2v) is 7.32. The van der Waals surface area contributed by atoms with E-state index in [1.54, 1.807) is 6.07 Å². The Morgan fingerprint density at radius 2 is 1.74 bits per heavy atom. The molecule has 1 aliphatic heterocycles. The number of nitrogens with one attached hydrogen (secondary N) is 1. The lowest BCUT2D eigenvalue weighted by atomic mass is 10.2. The molecule has 0 amide bonds. The number of piperazine rings is 1. The molecular formula is C23H29IN6O. The fourth-order valence-corrected chi connectivity index (χ4v) is 3.81. The minimum absolute atomic E-state index is 0. The van der Waals surface area contributed by atoms with Gasteiger partial charge < -0.3 is 24.8 Å². The van der Waals surface area contributed by atoms with Gasteiger partial charge in [-0.2, -0.15) is 0 Å². The first-order valence-electron chi connectivity index (χ1n) is 10.3. The van der Waals surface area contributed by atoms with E-state index >= 15 is 0 Å². The minimum Gasteiger partial charge on any atom is -0.506 e. The summed E-state index contributed by atoms with van der Waals surface area (Å²) in [5, 5.41) is 13.6. The molecule has 1 fully saturated rings. The number of aromatic hydroxyl groups is 1. The summed E-state index contributed by atoms with van der Waals surface area (Å²) in [5.74, 6) is 2.19. The highest BCUT2D eigenvalue weighted by Gasteiger charge is 2.21. The van der Waals surface area contributed by atoms with Gasteiger partial charge in [0.25, 0.3) is 0 Å². The maximum atomic E-state index is 10.1. The van der Waals surface area contributed by atoms with Gasteiger partial charge in [0.2, 0.25) is 0 Å². The average molecular weight is 532 g/mol. The summed E-state index contributed by atoms with van der Waals surface area (Å²) in [7, 11) is 1.81. The van der Waals surface area contributed by atoms with Crippen LogP contribution in [0.2, 0.25) is 0 Å². The number of para-hydroxylation sites is 2. The highest BCUT2D eigenvalue weighted by Crippen LogP contribution is 2.27. The van der Waals surface area contributed by atoms with Crippen molar-refractivity contribution in [1.82, 2.24) is 19.8 Å². The molecule has 4 rings (SSSR count). The summed E-state index contributed by atoms with van der Waals surface area (Å²) in [5.41, 5.74) is 2.14. The molecule has 8 heteroatoms. The Balaban J connectivity index is 0.00000272. The smallest absolute Gasteiger partial charge is 0.194 e. The van der Waals surface area contributed by atoms with E-state index in [2.05, 4.69) is 53.9 Å². The van der Waals surface area contributed by atoms with E-state index in [0.717, 1.165) is 50.2 Å². The molecule has 31 heavy (non-hydrogen) atoms. The number of hydrogen-bond donors (Lipinski definition) is 2. The summed E-state index contributed by atoms with van der Waals surface area (Å²) in [6.07, 6.45) is 3.85. The number of benzene rings is 2. The number of guanidine groups is 1. The maximum absolute atomic E-state index is 10.1. The van der Waals surface area contributed by atoms with Crippen molar-refractivity contribution in [1.29, 1.82) is 0 Å². The molecule has 2 N–H and O–H groups in total. The molecule has 1 aliphatic rings. The molecule has 0 atom stereocenters. The quantitative estimate of drug-likeness (QED) is 0.300. The van der Waals surface area contributed by atoms with Crippen molar-refractivity contribution < 1.29 is 5.11 Å². The zero-order valence-corrected chi connectivity index (χ0v) is 20.0. The molecular weight excluding hydrogens is 503 g/mol. The van der Waals surface area contributed by atoms with Crippen molar-refractivity contribution in [3.05, 3.63) is 78.4 Å². The second-order valence-electron chi connectivity index (χ2n) is 7.32. The van der Waals surface area contributed by atoms with Crippen LogP contribution < -0.4 is 10.2 Å². The predicted octanol–water partition coefficient (Wildman–Crippen LogP) is 3.15. The Morgan fingerprint density at radius 1 is 1.03 bits per heavy atom. The number of anilines is 1. The fourth-order valence-electron chi connectivity index (χ4n) is 3.81. The van der Waals surface area contributed by atoms with Gasteiger partial charge in [0, 0.05) is 52.2 Å². The lowest BCUT2D eigenvalue weighted by Crippen LogP contribution is -2.52. The summed E-state index contributed by atoms with van der Waals surface area (Å²) in [6, 6.07) is 17.9. The van der Waals surface area contributed by atoms with Crippen molar-refractivity contribution in [3.63, 3.8) is 0 Å². The summed E-state index contributed by atoms with van der Waals surface area (Å²) >= 11 is 0. The number of phenolic OH excluding ortho intramolecular Hbond substituents is 1. The zero-order valence-electron chi connectivity index (χ0n) is 17.7. The second kappa shape index (κ2) is 11.0. The number of imidazole rings is 1. The molecule has 2 heterocycles. The van der Waals surface area contributed by atoms with Gasteiger partial charge >= 0.3 is 0 Å². The molecule has 0 spiro atoms. The van der Waals surface area contributed by atoms with Crippen LogP contribution in [0.4, 0.5) is 5.69 Å². The van der Waals surface area contributed by atoms with E-state index in [-0.39, 0.29) is 24.0 Å². The number of hydrogen-bond acceptors (Lipinski definition) is 4. The van der Waals surface area contributed by atoms with Crippen LogP contribution >= 0.6 is 24.0 Å². The Kier molecular flexibility index (Phi) is 8.16. The molecule has 0 radical (unpaired) electrons. The predicted molar refractivity (Wildman–Crippen MR) is 135 cm³/mol. The van der Waals surface area contributed by atoms with Crippen LogP contribution in [0, 0.1) is 0 Å². The third-order valence-corrected chi connectivity index (χ3v) is 5.42. The first-order valence-corrected chi connectivity index (χ1v) is 10.3. The van der Waals surface area contributed by atoms with Crippen LogP contribution in [0.15, 0.2) is 72.0 Å². The number of aliphatic imine (C=N–C) groups is 1. The van der Waals surface area contributed by atoms with E-state index in [0.29, 0.717) is 12.3 Å². The van der Waals surface area contributed by atoms with Gasteiger partial charge in [0.05, 0.1) is 12.2 Å². The van der Waals surface area contributed by atoms with E-state index < -0.39 is 0 Å². The van der Waals surface area contributed by atoms with Crippen LogP contribution in [-0.4, -0.2) is 58.7 Å². The van der Waals surface area contributed by atoms with Gasteiger partial charge in [0.1, 0.15) is 11.6 Å². The van der Waals surface area contributed by atoms with E-state index in [9.17, 15) is 5.11 Å². The number of rotatable bonds is 5. The number of aromatic nitrogens is 2. The van der Waals surface area contributed by atoms with Crippen molar-refractivity contribution in [2.45, 2.75) is 13.1 Å². The SMILES string of the molecule is CN=C(NCc1nccn1Cc1ccccc1)N1CCN(c2ccccc2O)CC1.I. The molecule has 2 aromatic carbocycles. The topological polar surface area (TPSA) is 68.9 Å². The number of halogens is 1. The summed E-state index contributed by atoms with van der Waals surface area (Å²) < 4.78 is 2.16. The van der Waals surface area contributed by atoms with Gasteiger partial charge in [0.15, 0.2) is 5.96 Å². The Labute approximate surface area is 200 Å². The van der Waals surface area contributed by atoms with Gasteiger partial charge in [-0.15, -0.1) is 24.0 Å². The van der Waals surface area contributed by atoms with Crippen LogP contribution in [0.5, 0.6) is 5.75 Å². The summed E-state index contributed by atoms with van der Waals surface area (Å²) in [4.78, 5) is 13.4. The van der Waals surface area contributed by atoms with Crippen molar-refractivity contribution in [3.8, 4) is 5.75 Å². The van der Waals surface area contributed by atoms with Gasteiger partial charge in [-0.3, -0.25) is 4.99 Å². The first-order chi connectivity index (χ1) is 14.7. The number of phenols is 1. The molecule has 7 nitrogen and oxygen atoms in total. The standard InChI is InChI=1S/C23H28N6O.HI/c1-24-23(28-15-13-27(14-16-28)20-9-5-6-10-21(20)30)26-17-22-25-11-12-29(22)18-19-7-3-2-4-8-19;/h2-12,30H,13-18H2,1H3,(H,24,26);1H. The third-order valence-electron chi connectivity index (χ3n) is 5.42. The lowest BCUT2D eigenvalue weighted by Gasteiger charge is -2.37. The molecule has 0 saturated carbocycles. The molecule has 164 valence electrons. The number of nitrogens with zero attached hydrogens (tertiary/aromatic N) is 5. The monoisotopic (exact) mass is 532 g/mol. The van der Waals surface area contributed by atoms with Crippen LogP contribution in [0.25, 0.3) is 0 Å². The van der Waals surface area contributed by atoms with Crippen LogP contribution in [0.1, 0.15) is 11.4 Å². The van der Waals surface area contributed by atoms with Crippen molar-refractivity contribution >= 4 is 35.6 Å². The van der Waals surface area contributed by atoms with Crippen molar-refractivity contribution in [2.24, 2.45) is 4.99 Å². The first kappa shape index (κ1) is 22.9. The molecule has 0 aliphatic carbocycles. The Bertz CT molecular complexity index is 982. The maximum Gasteiger partial charge on any atom is 0.194 e. The highest BCUT2D eigenvalue weighted by atomic mass is 127. The zero-order chi connectivity index (χ0) is 20.8. The van der Waals surface area contributed by atoms with Gasteiger partial charge in [-0.05, 0) is 17.7 Å². The molecule has 3 aromatic rings. The Morgan fingerprint density at radius 3 is 2.45 bits per heavy atom. The Hall–Kier alpha value is -2.75. The largest absolute Gasteiger partial charge is 0.506 e. The minimum atomic E-state index is 0. The fraction of sp³-hybridized carbons (Fsp3) is 0.304. The molecule has 1 aromatic heterocycles. The summed E-state index contributed by atoms with van der Waals surface area (Å²) in [6.45, 7) is 4.77.